The smallest absolute Gasteiger partial charge is 0.139 e. The molecular weight excluding hydrogens is 334 g/mol. The van der Waals surface area contributed by atoms with Crippen molar-refractivity contribution in [1.29, 1.82) is 0 Å². The number of carbonyl (C=O) groups excluding carboxylic acids is 1. The van der Waals surface area contributed by atoms with E-state index < -0.39 is 0 Å². The number of ketones is 1. The van der Waals surface area contributed by atoms with E-state index in [4.69, 9.17) is 5.73 Å². The van der Waals surface area contributed by atoms with Gasteiger partial charge in [-0.3, -0.25) is 4.79 Å². The second-order valence-corrected chi connectivity index (χ2v) is 11.3. The highest BCUT2D eigenvalue weighted by Crippen LogP contribution is 2.68. The number of nitrogens with two attached hydrogens (primary N) is 1. The molecular formula is C24H41NO2. The minimum Gasteiger partial charge on any atom is -0.393 e. The third kappa shape index (κ3) is 2.78. The van der Waals surface area contributed by atoms with E-state index in [1.54, 1.807) is 0 Å². The highest BCUT2D eigenvalue weighted by molar-refractivity contribution is 5.85. The molecule has 1 unspecified atom stereocenters. The van der Waals surface area contributed by atoms with Crippen molar-refractivity contribution >= 4 is 5.78 Å². The van der Waals surface area contributed by atoms with Crippen molar-refractivity contribution in [3.8, 4) is 0 Å². The van der Waals surface area contributed by atoms with Crippen molar-refractivity contribution in [1.82, 2.24) is 0 Å². The van der Waals surface area contributed by atoms with Gasteiger partial charge in [-0.05, 0) is 98.3 Å². The third-order valence-corrected chi connectivity index (χ3v) is 10.3. The van der Waals surface area contributed by atoms with E-state index in [2.05, 4.69) is 27.7 Å². The Morgan fingerprint density at radius 3 is 2.44 bits per heavy atom. The van der Waals surface area contributed by atoms with Crippen LogP contribution in [0.3, 0.4) is 0 Å². The van der Waals surface area contributed by atoms with Gasteiger partial charge in [0.05, 0.1) is 6.10 Å². The Balaban J connectivity index is 1.66. The quantitative estimate of drug-likeness (QED) is 0.768. The molecule has 3 heteroatoms. The topological polar surface area (TPSA) is 63.3 Å². The standard InChI is InChI=1S/C24H41NO2/c1-14(9-12-25)17-5-6-18-21-19(8-11-23(17,18)3)24(4)10-7-16(26)13-20(24)15(2)22(21)27/h14-21,26H,5-13,25H2,1-4H3/t14-,15?,16-,17-,18+,19+,20+,21+,23-,24-/m1/s1. The summed E-state index contributed by atoms with van der Waals surface area (Å²) in [5.74, 6) is 3.83. The molecule has 0 spiro atoms. The van der Waals surface area contributed by atoms with Crippen molar-refractivity contribution in [3.63, 3.8) is 0 Å². The lowest BCUT2D eigenvalue weighted by molar-refractivity contribution is -0.171. The number of hydrogen-bond donors (Lipinski definition) is 2. The van der Waals surface area contributed by atoms with E-state index in [9.17, 15) is 9.90 Å². The lowest BCUT2D eigenvalue weighted by Crippen LogP contribution is -2.60. The summed E-state index contributed by atoms with van der Waals surface area (Å²) in [7, 11) is 0. The monoisotopic (exact) mass is 375 g/mol. The van der Waals surface area contributed by atoms with Gasteiger partial charge in [-0.15, -0.1) is 0 Å². The molecule has 0 saturated heterocycles. The number of aliphatic hydroxyl groups is 1. The largest absolute Gasteiger partial charge is 0.393 e. The van der Waals surface area contributed by atoms with Crippen LogP contribution in [0.15, 0.2) is 0 Å². The molecule has 0 aromatic carbocycles. The van der Waals surface area contributed by atoms with Gasteiger partial charge in [-0.2, -0.15) is 0 Å². The van der Waals surface area contributed by atoms with Crippen molar-refractivity contribution < 1.29 is 9.90 Å². The normalized spacial score (nSPS) is 53.4. The first-order valence-corrected chi connectivity index (χ1v) is 11.7. The molecule has 0 bridgehead atoms. The van der Waals surface area contributed by atoms with Crippen LogP contribution in [0.4, 0.5) is 0 Å². The number of Topliss-reactive ketones (excluding diaryl/α,β-unsaturated/α-hetero) is 1. The average Bonchev–Trinajstić information content (AvgIpc) is 2.98. The number of fused-ring (bicyclic) bond motifs is 5. The number of rotatable bonds is 3. The van der Waals surface area contributed by atoms with Crippen LogP contribution >= 0.6 is 0 Å². The molecule has 0 heterocycles. The summed E-state index contributed by atoms with van der Waals surface area (Å²) in [6.45, 7) is 10.3. The van der Waals surface area contributed by atoms with Crippen LogP contribution in [-0.2, 0) is 4.79 Å². The van der Waals surface area contributed by atoms with Gasteiger partial charge < -0.3 is 10.8 Å². The first kappa shape index (κ1) is 19.9. The molecule has 0 radical (unpaired) electrons. The Hall–Kier alpha value is -0.410. The lowest BCUT2D eigenvalue weighted by atomic mass is 9.42. The van der Waals surface area contributed by atoms with Crippen LogP contribution in [0.5, 0.6) is 0 Å². The maximum absolute atomic E-state index is 13.6. The minimum atomic E-state index is -0.197. The van der Waals surface area contributed by atoms with Crippen LogP contribution in [-0.4, -0.2) is 23.5 Å². The Kier molecular flexibility index (Phi) is 5.03. The molecule has 27 heavy (non-hydrogen) atoms. The van der Waals surface area contributed by atoms with Crippen molar-refractivity contribution in [2.45, 2.75) is 85.2 Å². The molecule has 4 fully saturated rings. The summed E-state index contributed by atoms with van der Waals surface area (Å²) in [6.07, 6.45) is 8.80. The van der Waals surface area contributed by atoms with Crippen LogP contribution in [0, 0.1) is 52.3 Å². The summed E-state index contributed by atoms with van der Waals surface area (Å²) in [5.41, 5.74) is 6.45. The molecule has 0 aliphatic heterocycles. The summed E-state index contributed by atoms with van der Waals surface area (Å²) >= 11 is 0. The van der Waals surface area contributed by atoms with Gasteiger partial charge in [0, 0.05) is 11.8 Å². The fourth-order valence-electron chi connectivity index (χ4n) is 8.80. The molecule has 4 aliphatic carbocycles. The molecule has 4 saturated carbocycles. The first-order valence-electron chi connectivity index (χ1n) is 11.7. The molecule has 0 aromatic heterocycles. The van der Waals surface area contributed by atoms with Crippen LogP contribution < -0.4 is 5.73 Å². The summed E-state index contributed by atoms with van der Waals surface area (Å²) in [4.78, 5) is 13.6. The highest BCUT2D eigenvalue weighted by atomic mass is 16.3. The van der Waals surface area contributed by atoms with Gasteiger partial charge in [0.1, 0.15) is 5.78 Å². The number of hydrogen-bond acceptors (Lipinski definition) is 3. The number of aliphatic hydroxyl groups excluding tert-OH is 1. The van der Waals surface area contributed by atoms with E-state index >= 15 is 0 Å². The Labute approximate surface area is 165 Å². The van der Waals surface area contributed by atoms with Crippen molar-refractivity contribution in [2.75, 3.05) is 6.54 Å². The molecule has 154 valence electrons. The summed E-state index contributed by atoms with van der Waals surface area (Å²) in [6, 6.07) is 0. The fraction of sp³-hybridized carbons (Fsp3) is 0.958. The second-order valence-electron chi connectivity index (χ2n) is 11.3. The van der Waals surface area contributed by atoms with Crippen molar-refractivity contribution in [2.24, 2.45) is 58.0 Å². The molecule has 3 nitrogen and oxygen atoms in total. The minimum absolute atomic E-state index is 0.120. The van der Waals surface area contributed by atoms with E-state index in [1.807, 2.05) is 0 Å². The zero-order chi connectivity index (χ0) is 19.6. The SMILES string of the molecule is CC1C(=O)[C@@H]2[C@H](CC[C@]3(C)[C@@H]([C@H](C)CCN)CC[C@@H]23)[C@@]2(C)CC[C@@H](O)C[C@@H]12. The zero-order valence-electron chi connectivity index (χ0n) is 17.9. The van der Waals surface area contributed by atoms with Gasteiger partial charge in [0.15, 0.2) is 0 Å². The molecule has 3 N–H and O–H groups in total. The van der Waals surface area contributed by atoms with Gasteiger partial charge in [0.25, 0.3) is 0 Å². The summed E-state index contributed by atoms with van der Waals surface area (Å²) in [5, 5.41) is 10.3. The van der Waals surface area contributed by atoms with Gasteiger partial charge in [-0.1, -0.05) is 27.7 Å². The Morgan fingerprint density at radius 2 is 1.74 bits per heavy atom. The van der Waals surface area contributed by atoms with Crippen LogP contribution in [0.2, 0.25) is 0 Å². The molecule has 0 aromatic rings. The zero-order valence-corrected chi connectivity index (χ0v) is 17.9. The van der Waals surface area contributed by atoms with Gasteiger partial charge in [-0.25, -0.2) is 0 Å². The summed E-state index contributed by atoms with van der Waals surface area (Å²) < 4.78 is 0. The predicted octanol–water partition coefficient (Wildman–Crippen LogP) is 4.42. The van der Waals surface area contributed by atoms with Crippen molar-refractivity contribution in [3.05, 3.63) is 0 Å². The van der Waals surface area contributed by atoms with Crippen LogP contribution in [0.1, 0.15) is 79.1 Å². The second kappa shape index (κ2) is 6.83. The van der Waals surface area contributed by atoms with E-state index in [1.165, 1.54) is 25.7 Å². The maximum atomic E-state index is 13.6. The Bertz CT molecular complexity index is 591. The Morgan fingerprint density at radius 1 is 1.07 bits per heavy atom. The van der Waals surface area contributed by atoms with E-state index in [-0.39, 0.29) is 23.4 Å². The first-order chi connectivity index (χ1) is 12.7. The fourth-order valence-corrected chi connectivity index (χ4v) is 8.80. The molecule has 4 aliphatic rings. The van der Waals surface area contributed by atoms with Gasteiger partial charge >= 0.3 is 0 Å². The highest BCUT2D eigenvalue weighted by Gasteiger charge is 2.64. The molecule has 4 rings (SSSR count). The van der Waals surface area contributed by atoms with Gasteiger partial charge in [0.2, 0.25) is 0 Å². The van der Waals surface area contributed by atoms with E-state index in [0.717, 1.165) is 38.1 Å². The lowest BCUT2D eigenvalue weighted by Gasteiger charge is -2.62. The van der Waals surface area contributed by atoms with E-state index in [0.29, 0.717) is 34.9 Å². The average molecular weight is 376 g/mol. The maximum Gasteiger partial charge on any atom is 0.139 e. The molecule has 0 amide bonds. The predicted molar refractivity (Wildman–Crippen MR) is 109 cm³/mol. The van der Waals surface area contributed by atoms with Crippen LogP contribution in [0.25, 0.3) is 0 Å². The number of carbonyl (C=O) groups is 1. The molecule has 10 atom stereocenters. The third-order valence-electron chi connectivity index (χ3n) is 10.3.